The van der Waals surface area contributed by atoms with E-state index in [9.17, 15) is 9.59 Å². The van der Waals surface area contributed by atoms with E-state index >= 15 is 0 Å². The lowest BCUT2D eigenvalue weighted by molar-refractivity contribution is -0.147. The second kappa shape index (κ2) is 9.53. The monoisotopic (exact) mass is 347 g/mol. The summed E-state index contributed by atoms with van der Waals surface area (Å²) in [5.41, 5.74) is 7.19. The second-order valence-corrected chi connectivity index (χ2v) is 6.91. The molecule has 3 atom stereocenters. The highest BCUT2D eigenvalue weighted by molar-refractivity contribution is 5.87. The molecule has 0 aromatic heterocycles. The van der Waals surface area contributed by atoms with E-state index in [1.165, 1.54) is 0 Å². The van der Waals surface area contributed by atoms with Gasteiger partial charge >= 0.3 is 5.97 Å². The Morgan fingerprint density at radius 3 is 2.60 bits per heavy atom. The van der Waals surface area contributed by atoms with Gasteiger partial charge in [-0.2, -0.15) is 0 Å². The van der Waals surface area contributed by atoms with Crippen molar-refractivity contribution in [2.75, 3.05) is 6.61 Å². The van der Waals surface area contributed by atoms with Crippen LogP contribution in [0.5, 0.6) is 0 Å². The van der Waals surface area contributed by atoms with Crippen molar-refractivity contribution in [3.8, 4) is 0 Å². The highest BCUT2D eigenvalue weighted by Gasteiger charge is 2.32. The fraction of sp³-hybridized carbons (Fsp3) is 0.579. The zero-order chi connectivity index (χ0) is 18.2. The van der Waals surface area contributed by atoms with Crippen LogP contribution in [0.1, 0.15) is 39.2 Å². The van der Waals surface area contributed by atoms with Crippen molar-refractivity contribution in [1.29, 1.82) is 0 Å². The molecule has 3 N–H and O–H groups in total. The first kappa shape index (κ1) is 19.4. The number of benzene rings is 1. The third kappa shape index (κ3) is 6.14. The first-order valence-electron chi connectivity index (χ1n) is 9.01. The highest BCUT2D eigenvalue weighted by atomic mass is 16.5. The minimum Gasteiger partial charge on any atom is -0.464 e. The minimum absolute atomic E-state index is 0.173. The average Bonchev–Trinajstić information content (AvgIpc) is 3.03. The fourth-order valence-electron chi connectivity index (χ4n) is 3.08. The van der Waals surface area contributed by atoms with Crippen molar-refractivity contribution in [1.82, 2.24) is 16.2 Å². The van der Waals surface area contributed by atoms with Gasteiger partial charge in [-0.3, -0.25) is 10.2 Å². The number of amides is 1. The number of hydrogen-bond donors (Lipinski definition) is 3. The number of nitrogens with one attached hydrogen (secondary N) is 3. The van der Waals surface area contributed by atoms with E-state index in [1.54, 1.807) is 6.92 Å². The summed E-state index contributed by atoms with van der Waals surface area (Å²) in [6.45, 7) is 6.37. The third-order valence-electron chi connectivity index (χ3n) is 4.22. The zero-order valence-electron chi connectivity index (χ0n) is 15.2. The van der Waals surface area contributed by atoms with Gasteiger partial charge in [-0.15, -0.1) is 0 Å². The average molecular weight is 347 g/mol. The van der Waals surface area contributed by atoms with E-state index in [-0.39, 0.29) is 18.0 Å². The van der Waals surface area contributed by atoms with Crippen molar-refractivity contribution in [2.24, 2.45) is 5.92 Å². The summed E-state index contributed by atoms with van der Waals surface area (Å²) < 4.78 is 5.12. The molecule has 1 amide bonds. The summed E-state index contributed by atoms with van der Waals surface area (Å²) >= 11 is 0. The van der Waals surface area contributed by atoms with Gasteiger partial charge in [0.05, 0.1) is 6.61 Å². The highest BCUT2D eigenvalue weighted by Crippen LogP contribution is 2.14. The van der Waals surface area contributed by atoms with Crippen molar-refractivity contribution in [3.63, 3.8) is 0 Å². The van der Waals surface area contributed by atoms with Crippen LogP contribution in [-0.4, -0.2) is 36.6 Å². The molecule has 0 radical (unpaired) electrons. The number of ether oxygens (including phenoxy) is 1. The summed E-state index contributed by atoms with van der Waals surface area (Å²) in [5.74, 6) is -0.0106. The molecule has 3 unspecified atom stereocenters. The van der Waals surface area contributed by atoms with Gasteiger partial charge in [-0.05, 0) is 31.2 Å². The smallest absolute Gasteiger partial charge is 0.328 e. The molecule has 1 aromatic carbocycles. The number of hydrogen-bond acceptors (Lipinski definition) is 5. The topological polar surface area (TPSA) is 79.5 Å². The molecule has 1 saturated heterocycles. The Labute approximate surface area is 149 Å². The van der Waals surface area contributed by atoms with Crippen molar-refractivity contribution >= 4 is 11.9 Å². The van der Waals surface area contributed by atoms with Crippen LogP contribution in [0.2, 0.25) is 0 Å². The Bertz CT molecular complexity index is 562. The molecule has 1 heterocycles. The fourth-order valence-corrected chi connectivity index (χ4v) is 3.08. The lowest BCUT2D eigenvalue weighted by Crippen LogP contribution is -2.50. The number of carbonyl (C=O) groups excluding carboxylic acids is 2. The van der Waals surface area contributed by atoms with Gasteiger partial charge in [0.1, 0.15) is 12.1 Å². The Balaban J connectivity index is 1.96. The summed E-state index contributed by atoms with van der Waals surface area (Å²) in [7, 11) is 0. The van der Waals surface area contributed by atoms with Gasteiger partial charge in [0.25, 0.3) is 0 Å². The first-order valence-corrected chi connectivity index (χ1v) is 9.01. The summed E-state index contributed by atoms with van der Waals surface area (Å²) in [6.07, 6.45) is 2.13. The Morgan fingerprint density at radius 2 is 1.96 bits per heavy atom. The molecular formula is C19H29N3O3. The second-order valence-electron chi connectivity index (χ2n) is 6.91. The van der Waals surface area contributed by atoms with Gasteiger partial charge in [0.15, 0.2) is 0 Å². The van der Waals surface area contributed by atoms with E-state index in [0.717, 1.165) is 12.0 Å². The molecule has 138 valence electrons. The van der Waals surface area contributed by atoms with Crippen LogP contribution in [0, 0.1) is 5.92 Å². The molecule has 1 fully saturated rings. The van der Waals surface area contributed by atoms with E-state index in [0.29, 0.717) is 25.4 Å². The van der Waals surface area contributed by atoms with Crippen LogP contribution in [0.15, 0.2) is 30.3 Å². The summed E-state index contributed by atoms with van der Waals surface area (Å²) in [6, 6.07) is 8.88. The van der Waals surface area contributed by atoms with Crippen molar-refractivity contribution < 1.29 is 14.3 Å². The first-order chi connectivity index (χ1) is 12.0. The maximum atomic E-state index is 12.6. The molecule has 6 nitrogen and oxygen atoms in total. The summed E-state index contributed by atoms with van der Waals surface area (Å²) in [4.78, 5) is 24.8. The molecule has 0 aliphatic carbocycles. The van der Waals surface area contributed by atoms with Crippen LogP contribution in [-0.2, 0) is 20.7 Å². The lowest BCUT2D eigenvalue weighted by atomic mass is 9.99. The lowest BCUT2D eigenvalue weighted by Gasteiger charge is -2.19. The third-order valence-corrected chi connectivity index (χ3v) is 4.22. The standard InChI is InChI=1S/C19H29N3O3/c1-4-25-19(24)17(11-14-8-6-5-7-9-14)20-18(23)16-12-15(21-22-16)10-13(2)3/h5-9,13,15-17,21-22H,4,10-12H2,1-3H3,(H,20,23). The van der Waals surface area contributed by atoms with E-state index < -0.39 is 12.0 Å². The van der Waals surface area contributed by atoms with E-state index in [1.807, 2.05) is 30.3 Å². The molecule has 25 heavy (non-hydrogen) atoms. The van der Waals surface area contributed by atoms with Crippen molar-refractivity contribution in [2.45, 2.75) is 58.2 Å². The zero-order valence-corrected chi connectivity index (χ0v) is 15.2. The maximum Gasteiger partial charge on any atom is 0.328 e. The van der Waals surface area contributed by atoms with Gasteiger partial charge < -0.3 is 10.1 Å². The Hall–Kier alpha value is -1.92. The maximum absolute atomic E-state index is 12.6. The number of esters is 1. The van der Waals surface area contributed by atoms with Crippen LogP contribution in [0.25, 0.3) is 0 Å². The van der Waals surface area contributed by atoms with Crippen LogP contribution in [0.3, 0.4) is 0 Å². The summed E-state index contributed by atoms with van der Waals surface area (Å²) in [5, 5.41) is 2.85. The van der Waals surface area contributed by atoms with E-state index in [2.05, 4.69) is 30.0 Å². The Morgan fingerprint density at radius 1 is 1.24 bits per heavy atom. The number of hydrazine groups is 1. The molecule has 2 rings (SSSR count). The van der Waals surface area contributed by atoms with Gasteiger partial charge in [-0.1, -0.05) is 44.2 Å². The van der Waals surface area contributed by atoms with Gasteiger partial charge in [0.2, 0.25) is 5.91 Å². The van der Waals surface area contributed by atoms with Crippen LogP contribution < -0.4 is 16.2 Å². The SMILES string of the molecule is CCOC(=O)C(Cc1ccccc1)NC(=O)C1CC(CC(C)C)NN1. The molecular weight excluding hydrogens is 318 g/mol. The largest absolute Gasteiger partial charge is 0.464 e. The normalized spacial score (nSPS) is 21.1. The number of rotatable bonds is 8. The number of carbonyl (C=O) groups is 2. The molecule has 0 spiro atoms. The van der Waals surface area contributed by atoms with Gasteiger partial charge in [-0.25, -0.2) is 10.2 Å². The minimum atomic E-state index is -0.680. The van der Waals surface area contributed by atoms with Gasteiger partial charge in [0, 0.05) is 12.5 Å². The van der Waals surface area contributed by atoms with Crippen LogP contribution in [0.4, 0.5) is 0 Å². The molecule has 1 aromatic rings. The molecule has 0 saturated carbocycles. The predicted octanol–water partition coefficient (Wildman–Crippen LogP) is 1.56. The quantitative estimate of drug-likeness (QED) is 0.622. The van der Waals surface area contributed by atoms with E-state index in [4.69, 9.17) is 4.74 Å². The predicted molar refractivity (Wildman–Crippen MR) is 96.6 cm³/mol. The van der Waals surface area contributed by atoms with Crippen LogP contribution >= 0.6 is 0 Å². The van der Waals surface area contributed by atoms with Crippen molar-refractivity contribution in [3.05, 3.63) is 35.9 Å². The Kier molecular flexibility index (Phi) is 7.40. The molecule has 1 aliphatic heterocycles. The molecule has 6 heteroatoms. The molecule has 1 aliphatic rings. The molecule has 0 bridgehead atoms.